The van der Waals surface area contributed by atoms with E-state index in [0.717, 1.165) is 63.6 Å². The van der Waals surface area contributed by atoms with Crippen LogP contribution in [0.15, 0.2) is 0 Å². The molecular weight excluding hydrogens is 528 g/mol. The summed E-state index contributed by atoms with van der Waals surface area (Å²) in [6.07, 6.45) is 31.7. The molecular formula is C44H86. The zero-order valence-electron chi connectivity index (χ0n) is 33.0. The van der Waals surface area contributed by atoms with Crippen LogP contribution in [-0.4, -0.2) is 0 Å². The first kappa shape index (κ1) is 40.2. The molecule has 1 unspecified atom stereocenters. The molecule has 6 bridgehead atoms. The van der Waals surface area contributed by atoms with Crippen molar-refractivity contribution in [2.75, 3.05) is 0 Å². The Hall–Kier alpha value is 0. The summed E-state index contributed by atoms with van der Waals surface area (Å²) in [5.74, 6) is 8.42. The number of rotatable bonds is 3. The minimum Gasteiger partial charge on any atom is -0.0656 e. The van der Waals surface area contributed by atoms with Crippen LogP contribution in [0.2, 0.25) is 0 Å². The summed E-state index contributed by atoms with van der Waals surface area (Å²) >= 11 is 0. The monoisotopic (exact) mass is 615 g/mol. The number of fused-ring (bicyclic) bond motifs is 3. The highest BCUT2D eigenvalue weighted by molar-refractivity contribution is 5.03. The average Bonchev–Trinajstić information content (AvgIpc) is 3.74. The zero-order valence-corrected chi connectivity index (χ0v) is 33.0. The van der Waals surface area contributed by atoms with Crippen LogP contribution in [0.1, 0.15) is 218 Å². The maximum Gasteiger partial charge on any atom is -0.0266 e. The first-order chi connectivity index (χ1) is 20.9. The van der Waals surface area contributed by atoms with E-state index < -0.39 is 0 Å². The van der Waals surface area contributed by atoms with E-state index in [1.165, 1.54) is 77.0 Å². The molecule has 9 fully saturated rings. The van der Waals surface area contributed by atoms with Gasteiger partial charge < -0.3 is 0 Å². The minimum atomic E-state index is 0.786. The Morgan fingerprint density at radius 3 is 1.11 bits per heavy atom. The summed E-state index contributed by atoms with van der Waals surface area (Å²) in [6.45, 7) is 27.4. The molecule has 1 spiro atoms. The highest BCUT2D eigenvalue weighted by atomic mass is 14.6. The van der Waals surface area contributed by atoms with E-state index >= 15 is 0 Å². The van der Waals surface area contributed by atoms with Crippen LogP contribution in [0.4, 0.5) is 0 Å². The Balaban J connectivity index is 0.000000204. The first-order valence-corrected chi connectivity index (χ1v) is 20.9. The third-order valence-corrected chi connectivity index (χ3v) is 13.6. The van der Waals surface area contributed by atoms with Crippen molar-refractivity contribution in [3.63, 3.8) is 0 Å². The molecule has 0 nitrogen and oxygen atoms in total. The van der Waals surface area contributed by atoms with Gasteiger partial charge in [-0.3, -0.25) is 0 Å². The van der Waals surface area contributed by atoms with Gasteiger partial charge in [-0.1, -0.05) is 115 Å². The third kappa shape index (κ3) is 11.0. The topological polar surface area (TPSA) is 0 Å². The maximum atomic E-state index is 2.47. The zero-order chi connectivity index (χ0) is 33.0. The fourth-order valence-electron chi connectivity index (χ4n) is 11.2. The van der Waals surface area contributed by atoms with E-state index in [2.05, 4.69) is 83.1 Å². The van der Waals surface area contributed by atoms with E-state index in [-0.39, 0.29) is 0 Å². The molecule has 1 atom stereocenters. The van der Waals surface area contributed by atoms with Gasteiger partial charge in [0.15, 0.2) is 0 Å². The SMILES string of the molecule is CC(C)C12CC3CC(CC(C3)C1)C2.CC(C)C12CCC(CC1)CC2.CC(C)C1CCCCC12CC2.CCC.CCC.CCC. The first-order valence-electron chi connectivity index (χ1n) is 20.9. The molecule has 0 amide bonds. The molecule has 9 aliphatic rings. The normalized spacial score (nSPS) is 36.5. The van der Waals surface area contributed by atoms with Crippen molar-refractivity contribution in [3.8, 4) is 0 Å². The van der Waals surface area contributed by atoms with Crippen LogP contribution in [0, 0.1) is 63.6 Å². The smallest absolute Gasteiger partial charge is 0.0266 e. The van der Waals surface area contributed by atoms with E-state index in [0.29, 0.717) is 0 Å². The van der Waals surface area contributed by atoms with Crippen molar-refractivity contribution < 1.29 is 0 Å². The Morgan fingerprint density at radius 2 is 0.841 bits per heavy atom. The van der Waals surface area contributed by atoms with Gasteiger partial charge in [0.05, 0.1) is 0 Å². The summed E-state index contributed by atoms with van der Waals surface area (Å²) in [5, 5.41) is 0. The van der Waals surface area contributed by atoms with E-state index in [4.69, 9.17) is 0 Å². The van der Waals surface area contributed by atoms with Crippen LogP contribution in [0.3, 0.4) is 0 Å². The van der Waals surface area contributed by atoms with Crippen molar-refractivity contribution in [2.24, 2.45) is 63.6 Å². The minimum absolute atomic E-state index is 0.786. The van der Waals surface area contributed by atoms with Crippen LogP contribution in [0.25, 0.3) is 0 Å². The highest BCUT2D eigenvalue weighted by Gasteiger charge is 2.52. The fraction of sp³-hybridized carbons (Fsp3) is 1.00. The Labute approximate surface area is 280 Å². The van der Waals surface area contributed by atoms with Gasteiger partial charge in [-0.25, -0.2) is 0 Å². The summed E-state index contributed by atoms with van der Waals surface area (Å²) in [5.41, 5.74) is 2.45. The third-order valence-electron chi connectivity index (χ3n) is 13.6. The maximum absolute atomic E-state index is 2.47. The van der Waals surface area contributed by atoms with Gasteiger partial charge in [0.25, 0.3) is 0 Å². The quantitative estimate of drug-likeness (QED) is 0.297. The predicted molar refractivity (Wildman–Crippen MR) is 200 cm³/mol. The summed E-state index contributed by atoms with van der Waals surface area (Å²) in [6, 6.07) is 0. The summed E-state index contributed by atoms with van der Waals surface area (Å²) < 4.78 is 0. The van der Waals surface area contributed by atoms with Gasteiger partial charge in [0.2, 0.25) is 0 Å². The van der Waals surface area contributed by atoms with Crippen LogP contribution in [0.5, 0.6) is 0 Å². The van der Waals surface area contributed by atoms with Crippen LogP contribution >= 0.6 is 0 Å². The molecule has 262 valence electrons. The molecule has 9 saturated carbocycles. The highest BCUT2D eigenvalue weighted by Crippen LogP contribution is 2.63. The molecule has 44 heavy (non-hydrogen) atoms. The van der Waals surface area contributed by atoms with E-state index in [1.807, 2.05) is 0 Å². The van der Waals surface area contributed by atoms with Crippen LogP contribution in [-0.2, 0) is 0 Å². The lowest BCUT2D eigenvalue weighted by atomic mass is 9.47. The van der Waals surface area contributed by atoms with Gasteiger partial charge in [0.1, 0.15) is 0 Å². The molecule has 0 aromatic rings. The predicted octanol–water partition coefficient (Wildman–Crippen LogP) is 15.3. The Kier molecular flexibility index (Phi) is 17.5. The van der Waals surface area contributed by atoms with Crippen molar-refractivity contribution in [1.82, 2.24) is 0 Å². The molecule has 9 rings (SSSR count). The lowest BCUT2D eigenvalue weighted by Gasteiger charge is -2.58. The van der Waals surface area contributed by atoms with E-state index in [1.54, 1.807) is 57.8 Å². The summed E-state index contributed by atoms with van der Waals surface area (Å²) in [4.78, 5) is 0. The lowest BCUT2D eigenvalue weighted by Crippen LogP contribution is -2.48. The Morgan fingerprint density at radius 1 is 0.455 bits per heavy atom. The molecule has 0 heterocycles. The van der Waals surface area contributed by atoms with Gasteiger partial charge in [-0.15, -0.1) is 0 Å². The second kappa shape index (κ2) is 19.1. The number of hydrogen-bond donors (Lipinski definition) is 0. The van der Waals surface area contributed by atoms with Crippen LogP contribution < -0.4 is 0 Å². The van der Waals surface area contributed by atoms with Gasteiger partial charge in [0, 0.05) is 0 Å². The summed E-state index contributed by atoms with van der Waals surface area (Å²) in [7, 11) is 0. The van der Waals surface area contributed by atoms with Gasteiger partial charge in [-0.05, 0) is 166 Å². The second-order valence-electron chi connectivity index (χ2n) is 18.5. The molecule has 9 aliphatic carbocycles. The molecule has 0 saturated heterocycles. The van der Waals surface area contributed by atoms with Crippen molar-refractivity contribution in [3.05, 3.63) is 0 Å². The van der Waals surface area contributed by atoms with E-state index in [9.17, 15) is 0 Å². The molecule has 0 aromatic carbocycles. The standard InChI is InChI=1S/C13H22.2C11H20.3C3H8/c1-9(2)13-6-10-3-11(7-13)5-12(4-10)8-13;1-9(2)11-6-3-10(4-7-11)5-8-11;1-9(2)10-5-3-4-6-11(10)7-8-11;3*1-3-2/h9-12H,3-8H2,1-2H3;2*9-10H,3-8H2,1-2H3;3*3H2,1-2H3. The van der Waals surface area contributed by atoms with Crippen molar-refractivity contribution in [2.45, 2.75) is 218 Å². The van der Waals surface area contributed by atoms with Gasteiger partial charge >= 0.3 is 0 Å². The Bertz CT molecular complexity index is 673. The van der Waals surface area contributed by atoms with Crippen molar-refractivity contribution in [1.29, 1.82) is 0 Å². The fourth-order valence-corrected chi connectivity index (χ4v) is 11.2. The largest absolute Gasteiger partial charge is 0.0656 e. The lowest BCUT2D eigenvalue weighted by molar-refractivity contribution is -0.0789. The molecule has 0 heteroatoms. The van der Waals surface area contributed by atoms with Gasteiger partial charge in [-0.2, -0.15) is 0 Å². The molecule has 0 aliphatic heterocycles. The number of hydrogen-bond acceptors (Lipinski definition) is 0. The molecule has 0 N–H and O–H groups in total. The second-order valence-corrected chi connectivity index (χ2v) is 18.5. The molecule has 0 radical (unpaired) electrons. The average molecular weight is 615 g/mol. The van der Waals surface area contributed by atoms with Crippen molar-refractivity contribution >= 4 is 0 Å². The molecule has 0 aromatic heterocycles.